The Bertz CT molecular complexity index is 902. The van der Waals surface area contributed by atoms with Gasteiger partial charge in [0.25, 0.3) is 0 Å². The molecule has 4 rings (SSSR count). The first kappa shape index (κ1) is 18.4. The Labute approximate surface area is 163 Å². The van der Waals surface area contributed by atoms with Gasteiger partial charge in [0.15, 0.2) is 5.78 Å². The van der Waals surface area contributed by atoms with Gasteiger partial charge in [0.1, 0.15) is 12.4 Å². The van der Waals surface area contributed by atoms with Crippen molar-refractivity contribution in [2.45, 2.75) is 0 Å². The van der Waals surface area contributed by atoms with Crippen molar-refractivity contribution in [1.29, 1.82) is 0 Å². The van der Waals surface area contributed by atoms with E-state index in [2.05, 4.69) is 10.2 Å². The Kier molecular flexibility index (Phi) is 5.50. The van der Waals surface area contributed by atoms with Crippen molar-refractivity contribution in [3.63, 3.8) is 0 Å². The van der Waals surface area contributed by atoms with E-state index in [0.29, 0.717) is 23.5 Å². The maximum atomic E-state index is 12.9. The number of hydrogen-bond donors (Lipinski definition) is 1. The highest BCUT2D eigenvalue weighted by Gasteiger charge is 2.28. The van der Waals surface area contributed by atoms with Gasteiger partial charge in [-0.2, -0.15) is 0 Å². The lowest BCUT2D eigenvalue weighted by Crippen LogP contribution is -2.38. The molecule has 1 heterocycles. The summed E-state index contributed by atoms with van der Waals surface area (Å²) in [6, 6.07) is 14.5. The zero-order valence-electron chi connectivity index (χ0n) is 15.5. The molecule has 0 unspecified atom stereocenters. The number of carbonyl (C=O) groups excluding carboxylic acids is 2. The third-order valence-electron chi connectivity index (χ3n) is 4.86. The van der Waals surface area contributed by atoms with Crippen LogP contribution in [0.4, 0.5) is 5.69 Å². The van der Waals surface area contributed by atoms with E-state index >= 15 is 0 Å². The molecule has 0 radical (unpaired) electrons. The number of Topliss-reactive ketones (excluding diaryl/α,β-unsaturated/α-hetero) is 1. The Hall–Kier alpha value is -2.96. The highest BCUT2D eigenvalue weighted by atomic mass is 16.5. The van der Waals surface area contributed by atoms with Gasteiger partial charge in [0.05, 0.1) is 24.5 Å². The van der Waals surface area contributed by atoms with E-state index in [1.807, 2.05) is 30.3 Å². The van der Waals surface area contributed by atoms with Crippen molar-refractivity contribution in [3.05, 3.63) is 71.4 Å². The van der Waals surface area contributed by atoms with Crippen molar-refractivity contribution in [1.82, 2.24) is 4.90 Å². The fraction of sp³-hybridized carbons (Fsp3) is 0.273. The number of hydrogen-bond acceptors (Lipinski definition) is 6. The van der Waals surface area contributed by atoms with Crippen LogP contribution in [-0.4, -0.2) is 55.9 Å². The molecule has 6 nitrogen and oxygen atoms in total. The van der Waals surface area contributed by atoms with E-state index in [9.17, 15) is 9.59 Å². The molecule has 28 heavy (non-hydrogen) atoms. The Morgan fingerprint density at radius 2 is 1.79 bits per heavy atom. The van der Waals surface area contributed by atoms with Crippen molar-refractivity contribution in [2.75, 3.05) is 44.8 Å². The van der Waals surface area contributed by atoms with Gasteiger partial charge >= 0.3 is 0 Å². The highest BCUT2D eigenvalue weighted by molar-refractivity contribution is 6.26. The summed E-state index contributed by atoms with van der Waals surface area (Å²) >= 11 is 0. The summed E-state index contributed by atoms with van der Waals surface area (Å²) in [4.78, 5) is 27.9. The summed E-state index contributed by atoms with van der Waals surface area (Å²) in [5.41, 5.74) is 1.74. The molecule has 1 N–H and O–H groups in total. The maximum Gasteiger partial charge on any atom is 0.210 e. The number of allylic oxidation sites excluding steroid dienone is 2. The van der Waals surface area contributed by atoms with Gasteiger partial charge in [-0.3, -0.25) is 14.5 Å². The lowest BCUT2D eigenvalue weighted by Gasteiger charge is -2.26. The largest absolute Gasteiger partial charge is 0.491 e. The second kappa shape index (κ2) is 8.37. The van der Waals surface area contributed by atoms with E-state index in [0.717, 1.165) is 38.5 Å². The zero-order chi connectivity index (χ0) is 19.3. The van der Waals surface area contributed by atoms with E-state index in [-0.39, 0.29) is 17.3 Å². The maximum absolute atomic E-state index is 12.9. The van der Waals surface area contributed by atoms with Crippen LogP contribution in [0.25, 0.3) is 0 Å². The second-order valence-corrected chi connectivity index (χ2v) is 6.72. The number of carbonyl (C=O) groups is 2. The van der Waals surface area contributed by atoms with Crippen LogP contribution >= 0.6 is 0 Å². The first-order chi connectivity index (χ1) is 13.7. The van der Waals surface area contributed by atoms with Gasteiger partial charge in [-0.05, 0) is 24.3 Å². The molecule has 6 heteroatoms. The molecule has 2 aliphatic rings. The van der Waals surface area contributed by atoms with Crippen LogP contribution in [0.1, 0.15) is 20.7 Å². The van der Waals surface area contributed by atoms with Crippen LogP contribution in [-0.2, 0) is 4.74 Å². The average Bonchev–Trinajstić information content (AvgIpc) is 2.73. The van der Waals surface area contributed by atoms with Gasteiger partial charge in [-0.15, -0.1) is 0 Å². The van der Waals surface area contributed by atoms with E-state index in [4.69, 9.17) is 9.47 Å². The summed E-state index contributed by atoms with van der Waals surface area (Å²) in [6.45, 7) is 4.43. The Balaban J connectivity index is 1.48. The number of morpholine rings is 1. The number of nitrogens with one attached hydrogen (secondary N) is 1. The molecule has 0 aromatic heterocycles. The van der Waals surface area contributed by atoms with Crippen LogP contribution < -0.4 is 10.1 Å². The molecular weight excluding hydrogens is 356 g/mol. The first-order valence-corrected chi connectivity index (χ1v) is 9.41. The second-order valence-electron chi connectivity index (χ2n) is 6.72. The smallest absolute Gasteiger partial charge is 0.210 e. The molecule has 1 saturated heterocycles. The lowest BCUT2D eigenvalue weighted by atomic mass is 9.91. The van der Waals surface area contributed by atoms with E-state index < -0.39 is 0 Å². The monoisotopic (exact) mass is 378 g/mol. The summed E-state index contributed by atoms with van der Waals surface area (Å²) in [5.74, 6) is 0.0196. The normalized spacial score (nSPS) is 17.1. The summed E-state index contributed by atoms with van der Waals surface area (Å²) < 4.78 is 11.2. The van der Waals surface area contributed by atoms with Crippen LogP contribution in [0.15, 0.2) is 60.3 Å². The molecule has 2 aromatic rings. The third kappa shape index (κ3) is 3.98. The van der Waals surface area contributed by atoms with Crippen LogP contribution in [0.3, 0.4) is 0 Å². The number of fused-ring (bicyclic) bond motifs is 1. The van der Waals surface area contributed by atoms with Gasteiger partial charge in [-0.1, -0.05) is 24.3 Å². The summed E-state index contributed by atoms with van der Waals surface area (Å²) in [5, 5.41) is 3.04. The fourth-order valence-electron chi connectivity index (χ4n) is 3.39. The third-order valence-corrected chi connectivity index (χ3v) is 4.86. The molecule has 1 aliphatic carbocycles. The van der Waals surface area contributed by atoms with Gasteiger partial charge in [-0.25, -0.2) is 0 Å². The molecule has 144 valence electrons. The van der Waals surface area contributed by atoms with Gasteiger partial charge in [0.2, 0.25) is 5.78 Å². The fourth-order valence-corrected chi connectivity index (χ4v) is 3.39. The number of benzene rings is 2. The number of ether oxygens (including phenoxy) is 2. The average molecular weight is 378 g/mol. The van der Waals surface area contributed by atoms with Crippen molar-refractivity contribution in [3.8, 4) is 5.75 Å². The van der Waals surface area contributed by atoms with Gasteiger partial charge in [0, 0.05) is 37.0 Å². The predicted molar refractivity (Wildman–Crippen MR) is 106 cm³/mol. The van der Waals surface area contributed by atoms with Crippen molar-refractivity contribution >= 4 is 17.3 Å². The first-order valence-electron chi connectivity index (χ1n) is 9.41. The molecule has 2 aromatic carbocycles. The van der Waals surface area contributed by atoms with Crippen molar-refractivity contribution < 1.29 is 19.1 Å². The Morgan fingerprint density at radius 3 is 2.57 bits per heavy atom. The SMILES string of the molecule is O=C1C(Nc2ccccc2)=CC(=O)c2c(OCCN3CCOCC3)cccc21. The van der Waals surface area contributed by atoms with Crippen LogP contribution in [0.2, 0.25) is 0 Å². The number of nitrogens with zero attached hydrogens (tertiary/aromatic N) is 1. The number of rotatable bonds is 6. The molecule has 0 spiro atoms. The minimum Gasteiger partial charge on any atom is -0.491 e. The quantitative estimate of drug-likeness (QED) is 0.834. The Morgan fingerprint density at radius 1 is 1.00 bits per heavy atom. The molecule has 0 saturated carbocycles. The van der Waals surface area contributed by atoms with Crippen molar-refractivity contribution in [2.24, 2.45) is 0 Å². The predicted octanol–water partition coefficient (Wildman–Crippen LogP) is 2.77. The lowest BCUT2D eigenvalue weighted by molar-refractivity contribution is 0.0322. The van der Waals surface area contributed by atoms with Crippen LogP contribution in [0.5, 0.6) is 5.75 Å². The van der Waals surface area contributed by atoms with Gasteiger partial charge < -0.3 is 14.8 Å². The molecule has 0 atom stereocenters. The van der Waals surface area contributed by atoms with E-state index in [1.54, 1.807) is 18.2 Å². The topological polar surface area (TPSA) is 67.9 Å². The number of ketones is 2. The van der Waals surface area contributed by atoms with Crippen LogP contribution in [0, 0.1) is 0 Å². The minimum absolute atomic E-state index is 0.211. The molecule has 0 amide bonds. The molecule has 1 fully saturated rings. The molecular formula is C22H22N2O4. The highest BCUT2D eigenvalue weighted by Crippen LogP contribution is 2.30. The summed E-state index contributed by atoms with van der Waals surface area (Å²) in [7, 11) is 0. The number of anilines is 1. The summed E-state index contributed by atoms with van der Waals surface area (Å²) in [6.07, 6.45) is 1.35. The van der Waals surface area contributed by atoms with E-state index in [1.165, 1.54) is 6.08 Å². The zero-order valence-corrected chi connectivity index (χ0v) is 15.5. The number of para-hydroxylation sites is 1. The molecule has 0 bridgehead atoms. The minimum atomic E-state index is -0.227. The standard InChI is InChI=1S/C22H22N2O4/c25-19-15-18(23-16-5-2-1-3-6-16)22(26)17-7-4-8-20(21(17)19)28-14-11-24-9-12-27-13-10-24/h1-8,15,23H,9-14H2. The molecule has 1 aliphatic heterocycles.